The molecule has 7 atom stereocenters. The van der Waals surface area contributed by atoms with Gasteiger partial charge in [0.15, 0.2) is 11.5 Å². The van der Waals surface area contributed by atoms with Crippen LogP contribution in [0.4, 0.5) is 0 Å². The van der Waals surface area contributed by atoms with Crippen molar-refractivity contribution in [3.05, 3.63) is 71.3 Å². The van der Waals surface area contributed by atoms with Gasteiger partial charge in [-0.15, -0.1) is 0 Å². The van der Waals surface area contributed by atoms with Crippen molar-refractivity contribution in [3.63, 3.8) is 0 Å². The summed E-state index contributed by atoms with van der Waals surface area (Å²) in [6.07, 6.45) is 8.97. The normalized spacial score (nSPS) is 38.9. The number of likely N-dealkylation sites (N-methyl/N-ethyl adjacent to an activating group) is 1. The molecule has 2 fully saturated rings. The van der Waals surface area contributed by atoms with Gasteiger partial charge in [0.1, 0.15) is 11.7 Å². The number of benzene rings is 2. The minimum absolute atomic E-state index is 0.0855. The van der Waals surface area contributed by atoms with E-state index in [9.17, 15) is 5.11 Å². The van der Waals surface area contributed by atoms with Crippen LogP contribution in [0.1, 0.15) is 42.9 Å². The van der Waals surface area contributed by atoms with E-state index in [1.165, 1.54) is 16.7 Å². The number of aliphatic hydroxyl groups is 1. The molecule has 2 heterocycles. The summed E-state index contributed by atoms with van der Waals surface area (Å²) < 4.78 is 19.4. The molecule has 1 N–H and O–H groups in total. The fraction of sp³-hybridized carbons (Fsp3) is 0.548. The molecule has 6 aliphatic rings. The van der Waals surface area contributed by atoms with Crippen molar-refractivity contribution in [1.29, 1.82) is 0 Å². The highest BCUT2D eigenvalue weighted by molar-refractivity contribution is 5.65. The first kappa shape index (κ1) is 22.8. The van der Waals surface area contributed by atoms with Crippen molar-refractivity contribution in [2.24, 2.45) is 11.3 Å². The number of hydrogen-bond acceptors (Lipinski definition) is 5. The van der Waals surface area contributed by atoms with Crippen molar-refractivity contribution < 1.29 is 19.3 Å². The maximum Gasteiger partial charge on any atom is 0.166 e. The zero-order valence-corrected chi connectivity index (χ0v) is 21.8. The molecule has 1 saturated heterocycles. The zero-order chi connectivity index (χ0) is 24.9. The van der Waals surface area contributed by atoms with Gasteiger partial charge in [0, 0.05) is 30.0 Å². The Bertz CT molecular complexity index is 1240. The van der Waals surface area contributed by atoms with Gasteiger partial charge in [-0.3, -0.25) is 0 Å². The molecule has 0 radical (unpaired) electrons. The van der Waals surface area contributed by atoms with E-state index >= 15 is 0 Å². The molecule has 5 nitrogen and oxygen atoms in total. The van der Waals surface area contributed by atoms with Crippen LogP contribution in [-0.2, 0) is 23.0 Å². The minimum atomic E-state index is -0.916. The summed E-state index contributed by atoms with van der Waals surface area (Å²) in [6.45, 7) is 3.06. The first-order valence-corrected chi connectivity index (χ1v) is 13.4. The molecule has 4 aliphatic carbocycles. The van der Waals surface area contributed by atoms with E-state index in [4.69, 9.17) is 14.2 Å². The Balaban J connectivity index is 1.39. The molecule has 2 aliphatic heterocycles. The van der Waals surface area contributed by atoms with E-state index in [1.807, 2.05) is 13.0 Å². The molecule has 2 aromatic rings. The van der Waals surface area contributed by atoms with Crippen LogP contribution >= 0.6 is 0 Å². The zero-order valence-electron chi connectivity index (χ0n) is 21.8. The quantitative estimate of drug-likeness (QED) is 0.616. The lowest BCUT2D eigenvalue weighted by Crippen LogP contribution is -2.80. The molecular formula is C31H37NO4. The van der Waals surface area contributed by atoms with Crippen LogP contribution in [0.2, 0.25) is 0 Å². The molecule has 1 saturated carbocycles. The summed E-state index contributed by atoms with van der Waals surface area (Å²) in [6, 6.07) is 15.2. The van der Waals surface area contributed by atoms with Gasteiger partial charge in [-0.05, 0) is 69.8 Å². The lowest BCUT2D eigenvalue weighted by atomic mass is 9.36. The molecule has 0 amide bonds. The van der Waals surface area contributed by atoms with Crippen LogP contribution in [0.5, 0.6) is 11.5 Å². The summed E-state index contributed by atoms with van der Waals surface area (Å²) in [4.78, 5) is 2.55. The first-order valence-electron chi connectivity index (χ1n) is 13.4. The van der Waals surface area contributed by atoms with Crippen LogP contribution < -0.4 is 9.47 Å². The molecule has 2 spiro atoms. The highest BCUT2D eigenvalue weighted by Gasteiger charge is 2.80. The number of piperidine rings is 1. The van der Waals surface area contributed by atoms with E-state index < -0.39 is 11.2 Å². The number of likely N-dealkylation sites (tertiary alicyclic amines) is 1. The predicted molar refractivity (Wildman–Crippen MR) is 139 cm³/mol. The highest BCUT2D eigenvalue weighted by atomic mass is 16.6. The Morgan fingerprint density at radius 1 is 1.14 bits per heavy atom. The summed E-state index contributed by atoms with van der Waals surface area (Å²) in [5.74, 6) is 1.63. The van der Waals surface area contributed by atoms with Crippen LogP contribution in [0.25, 0.3) is 0 Å². The van der Waals surface area contributed by atoms with E-state index in [0.29, 0.717) is 12.5 Å². The van der Waals surface area contributed by atoms with Gasteiger partial charge >= 0.3 is 0 Å². The number of hydrogen-bond donors (Lipinski definition) is 1. The maximum atomic E-state index is 12.2. The number of ether oxygens (including phenoxy) is 3. The van der Waals surface area contributed by atoms with Crippen LogP contribution in [0, 0.1) is 11.3 Å². The van der Waals surface area contributed by atoms with E-state index in [0.717, 1.165) is 43.7 Å². The predicted octanol–water partition coefficient (Wildman–Crippen LogP) is 4.30. The van der Waals surface area contributed by atoms with Crippen LogP contribution in [0.3, 0.4) is 0 Å². The SMILES string of the molecule is COc1ccc2c3c1O[C@@H]1[C@@]4(OC)C=CC5(C[C@@H]4[C@@](C)(O)CCc4ccccc4)[C@@H](C2)N(C)CC[C@@]315. The average molecular weight is 488 g/mol. The third-order valence-corrected chi connectivity index (χ3v) is 10.8. The number of rotatable bonds is 6. The van der Waals surface area contributed by atoms with Crippen molar-refractivity contribution >= 4 is 0 Å². The molecular weight excluding hydrogens is 450 g/mol. The van der Waals surface area contributed by atoms with Gasteiger partial charge in [-0.25, -0.2) is 0 Å². The summed E-state index contributed by atoms with van der Waals surface area (Å²) in [5.41, 5.74) is 2.08. The number of nitrogens with zero attached hydrogens (tertiary/aromatic N) is 1. The molecule has 4 bridgehead atoms. The third kappa shape index (κ3) is 2.52. The second-order valence-corrected chi connectivity index (χ2v) is 12.1. The third-order valence-electron chi connectivity index (χ3n) is 10.8. The molecule has 8 rings (SSSR count). The van der Waals surface area contributed by atoms with Crippen molar-refractivity contribution in [2.45, 2.75) is 67.8 Å². The van der Waals surface area contributed by atoms with Crippen molar-refractivity contribution in [2.75, 3.05) is 27.8 Å². The Hall–Kier alpha value is -2.34. The highest BCUT2D eigenvalue weighted by Crippen LogP contribution is 2.75. The van der Waals surface area contributed by atoms with Crippen LogP contribution in [-0.4, -0.2) is 61.2 Å². The van der Waals surface area contributed by atoms with E-state index in [1.54, 1.807) is 14.2 Å². The summed E-state index contributed by atoms with van der Waals surface area (Å²) >= 11 is 0. The fourth-order valence-electron chi connectivity index (χ4n) is 9.13. The van der Waals surface area contributed by atoms with Gasteiger partial charge in [-0.1, -0.05) is 48.6 Å². The Morgan fingerprint density at radius 3 is 2.69 bits per heavy atom. The largest absolute Gasteiger partial charge is 0.493 e. The van der Waals surface area contributed by atoms with Gasteiger partial charge < -0.3 is 24.2 Å². The topological polar surface area (TPSA) is 51.2 Å². The molecule has 5 heteroatoms. The summed E-state index contributed by atoms with van der Waals surface area (Å²) in [5, 5.41) is 12.2. The van der Waals surface area contributed by atoms with E-state index in [-0.39, 0.29) is 22.9 Å². The Morgan fingerprint density at radius 2 is 1.94 bits per heavy atom. The molecule has 190 valence electrons. The van der Waals surface area contributed by atoms with Gasteiger partial charge in [0.05, 0.1) is 18.1 Å². The second-order valence-electron chi connectivity index (χ2n) is 12.1. The fourth-order valence-corrected chi connectivity index (χ4v) is 9.13. The van der Waals surface area contributed by atoms with Crippen molar-refractivity contribution in [1.82, 2.24) is 4.90 Å². The first-order chi connectivity index (χ1) is 17.3. The van der Waals surface area contributed by atoms with Gasteiger partial charge in [0.2, 0.25) is 0 Å². The second kappa shape index (κ2) is 7.37. The number of aryl methyl sites for hydroxylation is 1. The standard InChI is InChI=1S/C31H37NO4/c1-28(33,13-12-20-8-6-5-7-9-20)23-19-29-14-15-31(23,35-4)27-30(29)16-17-32(2)24(29)18-21-10-11-22(34-3)26(36-27)25(21)30/h5-11,14-15,23-24,27,33H,12-13,16-19H2,1-4H3/t23-,24-,27+,28+,29?,30-,31-/m1/s1. The minimum Gasteiger partial charge on any atom is -0.493 e. The smallest absolute Gasteiger partial charge is 0.166 e. The number of fused-ring (bicyclic) bond motifs is 1. The average Bonchev–Trinajstić information content (AvgIpc) is 3.27. The summed E-state index contributed by atoms with van der Waals surface area (Å²) in [7, 11) is 5.81. The Labute approximate surface area is 214 Å². The maximum absolute atomic E-state index is 12.2. The number of methoxy groups -OCH3 is 2. The lowest BCUT2D eigenvalue weighted by Gasteiger charge is -2.72. The van der Waals surface area contributed by atoms with Gasteiger partial charge in [0.25, 0.3) is 0 Å². The lowest BCUT2D eigenvalue weighted by molar-refractivity contribution is -0.247. The van der Waals surface area contributed by atoms with E-state index in [2.05, 4.69) is 60.5 Å². The van der Waals surface area contributed by atoms with Crippen molar-refractivity contribution in [3.8, 4) is 11.5 Å². The Kier molecular flexibility index (Phi) is 4.67. The monoisotopic (exact) mass is 487 g/mol. The molecule has 1 unspecified atom stereocenters. The molecule has 36 heavy (non-hydrogen) atoms. The molecule has 2 aromatic carbocycles. The van der Waals surface area contributed by atoms with Crippen LogP contribution in [0.15, 0.2) is 54.6 Å². The van der Waals surface area contributed by atoms with Gasteiger partial charge in [-0.2, -0.15) is 0 Å². The molecule has 0 aromatic heterocycles.